The highest BCUT2D eigenvalue weighted by Gasteiger charge is 2.54. The van der Waals surface area contributed by atoms with Gasteiger partial charge >= 0.3 is 0 Å². The Balaban J connectivity index is 1.29. The normalized spacial score (nSPS) is 32.0. The van der Waals surface area contributed by atoms with Crippen molar-refractivity contribution in [3.05, 3.63) is 36.4 Å². The Morgan fingerprint density at radius 2 is 1.81 bits per heavy atom. The molecule has 1 amide bonds. The number of rotatable bonds is 4. The van der Waals surface area contributed by atoms with Gasteiger partial charge in [-0.15, -0.1) is 0 Å². The van der Waals surface area contributed by atoms with Crippen molar-refractivity contribution in [3.8, 4) is 11.1 Å². The molecule has 2 aromatic heterocycles. The second-order valence-electron chi connectivity index (χ2n) is 8.87. The van der Waals surface area contributed by atoms with Crippen LogP contribution in [0.25, 0.3) is 11.1 Å². The van der Waals surface area contributed by atoms with Crippen LogP contribution in [0.1, 0.15) is 44.1 Å². The van der Waals surface area contributed by atoms with Crippen LogP contribution < -0.4 is 5.32 Å². The number of nitrogens with zero attached hydrogens (tertiary/aromatic N) is 3. The maximum Gasteiger partial charge on any atom is 0.226 e. The predicted octanol–water partition coefficient (Wildman–Crippen LogP) is 3.31. The van der Waals surface area contributed by atoms with Gasteiger partial charge in [0.15, 0.2) is 0 Å². The lowest BCUT2D eigenvalue weighted by Crippen LogP contribution is -2.53. The molecule has 0 saturated heterocycles. The van der Waals surface area contributed by atoms with Crippen molar-refractivity contribution < 1.29 is 4.79 Å². The van der Waals surface area contributed by atoms with Gasteiger partial charge in [-0.05, 0) is 67.9 Å². The van der Waals surface area contributed by atoms with Crippen LogP contribution in [0.3, 0.4) is 0 Å². The fraction of sp³-hybridized carbons (Fsp3) is 0.571. The van der Waals surface area contributed by atoms with E-state index in [0.717, 1.165) is 53.7 Å². The summed E-state index contributed by atoms with van der Waals surface area (Å²) in [7, 11) is 1.91. The smallest absolute Gasteiger partial charge is 0.226 e. The molecular formula is C21H26N4O. The van der Waals surface area contributed by atoms with E-state index in [2.05, 4.69) is 21.5 Å². The number of carbonyl (C=O) groups is 1. The maximum absolute atomic E-state index is 13.1. The molecule has 0 atom stereocenters. The molecular weight excluding hydrogens is 324 g/mol. The average molecular weight is 350 g/mol. The number of aromatic nitrogens is 3. The summed E-state index contributed by atoms with van der Waals surface area (Å²) in [5, 5.41) is 7.46. The standard InChI is InChI=1S/C21H26N4O/c1-25-13-19(12-24-25)18-5-17(9-22-11-18)10-23-20(26)21-6-14-2-15(7-21)4-16(3-14)8-21/h5,9,11-16H,2-4,6-8,10H2,1H3,(H,23,26). The number of nitrogens with one attached hydrogen (secondary N) is 1. The Labute approximate surface area is 154 Å². The summed E-state index contributed by atoms with van der Waals surface area (Å²) in [6.07, 6.45) is 14.9. The first-order valence-electron chi connectivity index (χ1n) is 9.81. The van der Waals surface area contributed by atoms with Crippen molar-refractivity contribution in [1.82, 2.24) is 20.1 Å². The quantitative estimate of drug-likeness (QED) is 0.920. The highest BCUT2D eigenvalue weighted by molar-refractivity contribution is 5.83. The molecule has 4 saturated carbocycles. The lowest BCUT2D eigenvalue weighted by Gasteiger charge is -2.55. The Bertz CT molecular complexity index is 805. The van der Waals surface area contributed by atoms with E-state index in [4.69, 9.17) is 0 Å². The van der Waals surface area contributed by atoms with Crippen molar-refractivity contribution in [3.63, 3.8) is 0 Å². The van der Waals surface area contributed by atoms with Gasteiger partial charge in [-0.3, -0.25) is 14.5 Å². The van der Waals surface area contributed by atoms with Crippen LogP contribution in [0.2, 0.25) is 0 Å². The molecule has 26 heavy (non-hydrogen) atoms. The van der Waals surface area contributed by atoms with Crippen LogP contribution in [0.5, 0.6) is 0 Å². The monoisotopic (exact) mass is 350 g/mol. The molecule has 5 nitrogen and oxygen atoms in total. The van der Waals surface area contributed by atoms with Crippen LogP contribution in [0, 0.1) is 23.2 Å². The summed E-state index contributed by atoms with van der Waals surface area (Å²) in [4.78, 5) is 17.4. The molecule has 0 unspecified atom stereocenters. The third kappa shape index (κ3) is 2.74. The molecule has 5 heteroatoms. The zero-order valence-electron chi connectivity index (χ0n) is 15.3. The molecule has 0 aliphatic heterocycles. The molecule has 136 valence electrons. The number of amides is 1. The number of pyridine rings is 1. The summed E-state index contributed by atoms with van der Waals surface area (Å²) >= 11 is 0. The Morgan fingerprint density at radius 1 is 1.12 bits per heavy atom. The zero-order chi connectivity index (χ0) is 17.7. The molecule has 0 spiro atoms. The van der Waals surface area contributed by atoms with Gasteiger partial charge in [0.25, 0.3) is 0 Å². The largest absolute Gasteiger partial charge is 0.351 e. The predicted molar refractivity (Wildman–Crippen MR) is 98.9 cm³/mol. The third-order valence-electron chi connectivity index (χ3n) is 6.81. The van der Waals surface area contributed by atoms with Crippen LogP contribution in [0.15, 0.2) is 30.9 Å². The lowest BCUT2D eigenvalue weighted by atomic mass is 9.49. The molecule has 6 rings (SSSR count). The van der Waals surface area contributed by atoms with E-state index < -0.39 is 0 Å². The van der Waals surface area contributed by atoms with E-state index in [9.17, 15) is 4.79 Å². The van der Waals surface area contributed by atoms with E-state index >= 15 is 0 Å². The molecule has 2 aromatic rings. The summed E-state index contributed by atoms with van der Waals surface area (Å²) in [6, 6.07) is 2.10. The minimum atomic E-state index is -0.0802. The topological polar surface area (TPSA) is 59.8 Å². The molecule has 1 N–H and O–H groups in total. The first kappa shape index (κ1) is 16.0. The van der Waals surface area contributed by atoms with Gasteiger partial charge < -0.3 is 5.32 Å². The number of aryl methyl sites for hydroxylation is 1. The molecule has 0 radical (unpaired) electrons. The SMILES string of the molecule is Cn1cc(-c2cncc(CNC(=O)C34CC5CC(CC(C5)C3)C4)c2)cn1. The van der Waals surface area contributed by atoms with E-state index in [0.29, 0.717) is 6.54 Å². The summed E-state index contributed by atoms with van der Waals surface area (Å²) in [6.45, 7) is 0.557. The van der Waals surface area contributed by atoms with Crippen molar-refractivity contribution in [2.45, 2.75) is 45.1 Å². The van der Waals surface area contributed by atoms with E-state index in [1.807, 2.05) is 31.8 Å². The second-order valence-corrected chi connectivity index (χ2v) is 8.87. The zero-order valence-corrected chi connectivity index (χ0v) is 15.3. The first-order chi connectivity index (χ1) is 12.6. The molecule has 2 heterocycles. The van der Waals surface area contributed by atoms with E-state index in [-0.39, 0.29) is 11.3 Å². The van der Waals surface area contributed by atoms with Gasteiger partial charge in [0.2, 0.25) is 5.91 Å². The van der Waals surface area contributed by atoms with Crippen molar-refractivity contribution in [1.29, 1.82) is 0 Å². The highest BCUT2D eigenvalue weighted by Crippen LogP contribution is 2.60. The van der Waals surface area contributed by atoms with Gasteiger partial charge in [-0.1, -0.05) is 0 Å². The summed E-state index contributed by atoms with van der Waals surface area (Å²) < 4.78 is 1.79. The molecule has 4 bridgehead atoms. The van der Waals surface area contributed by atoms with Crippen molar-refractivity contribution in [2.75, 3.05) is 0 Å². The Morgan fingerprint density at radius 3 is 2.42 bits per heavy atom. The fourth-order valence-electron chi connectivity index (χ4n) is 6.07. The van der Waals surface area contributed by atoms with E-state index in [1.54, 1.807) is 4.68 Å². The maximum atomic E-state index is 13.1. The van der Waals surface area contributed by atoms with Gasteiger partial charge in [0.05, 0.1) is 6.20 Å². The number of carbonyl (C=O) groups excluding carboxylic acids is 1. The summed E-state index contributed by atoms with van der Waals surface area (Å²) in [5.41, 5.74) is 3.06. The van der Waals surface area contributed by atoms with Gasteiger partial charge in [-0.2, -0.15) is 5.10 Å². The van der Waals surface area contributed by atoms with Crippen LogP contribution in [-0.4, -0.2) is 20.7 Å². The highest BCUT2D eigenvalue weighted by atomic mass is 16.2. The minimum Gasteiger partial charge on any atom is -0.351 e. The molecule has 4 aliphatic carbocycles. The first-order valence-corrected chi connectivity index (χ1v) is 9.81. The number of hydrogen-bond donors (Lipinski definition) is 1. The Kier molecular flexibility index (Phi) is 3.66. The average Bonchev–Trinajstić information content (AvgIpc) is 3.05. The van der Waals surface area contributed by atoms with Gasteiger partial charge in [0, 0.05) is 48.7 Å². The summed E-state index contributed by atoms with van der Waals surface area (Å²) in [5.74, 6) is 2.66. The van der Waals surface area contributed by atoms with Crippen LogP contribution >= 0.6 is 0 Å². The molecule has 4 fully saturated rings. The lowest BCUT2D eigenvalue weighted by molar-refractivity contribution is -0.146. The number of hydrogen-bond acceptors (Lipinski definition) is 3. The fourth-order valence-corrected chi connectivity index (χ4v) is 6.07. The third-order valence-corrected chi connectivity index (χ3v) is 6.81. The Hall–Kier alpha value is -2.17. The van der Waals surface area contributed by atoms with Crippen molar-refractivity contribution >= 4 is 5.91 Å². The van der Waals surface area contributed by atoms with Gasteiger partial charge in [0.1, 0.15) is 0 Å². The van der Waals surface area contributed by atoms with Crippen LogP contribution in [-0.2, 0) is 18.4 Å². The van der Waals surface area contributed by atoms with E-state index in [1.165, 1.54) is 19.3 Å². The minimum absolute atomic E-state index is 0.0802. The van der Waals surface area contributed by atoms with Gasteiger partial charge in [-0.25, -0.2) is 0 Å². The van der Waals surface area contributed by atoms with Crippen molar-refractivity contribution in [2.24, 2.45) is 30.2 Å². The second kappa shape index (κ2) is 5.93. The molecule has 4 aliphatic rings. The molecule has 0 aromatic carbocycles. The van der Waals surface area contributed by atoms with Crippen LogP contribution in [0.4, 0.5) is 0 Å².